The topological polar surface area (TPSA) is 129 Å². The smallest absolute Gasteiger partial charge is 0.410 e. The molecule has 4 amide bonds. The van der Waals surface area contributed by atoms with Crippen molar-refractivity contribution in [1.82, 2.24) is 25.3 Å². The first-order valence-corrected chi connectivity index (χ1v) is 17.3. The zero-order valence-corrected chi connectivity index (χ0v) is 28.2. The summed E-state index contributed by atoms with van der Waals surface area (Å²) in [4.78, 5) is 42.2. The Kier molecular flexibility index (Phi) is 11.7. The van der Waals surface area contributed by atoms with Crippen molar-refractivity contribution in [3.8, 4) is 0 Å². The minimum atomic E-state index is -0.460. The first-order chi connectivity index (χ1) is 20.7. The number of hydrogen-bond donors (Lipinski definition) is 3. The molecule has 3 heterocycles. The highest BCUT2D eigenvalue weighted by atomic mass is 16.6. The molecule has 2 unspecified atom stereocenters. The lowest BCUT2D eigenvalue weighted by Crippen LogP contribution is -2.54. The minimum absolute atomic E-state index is 0.0950. The van der Waals surface area contributed by atoms with E-state index in [0.717, 1.165) is 58.0 Å². The van der Waals surface area contributed by atoms with Crippen molar-refractivity contribution in [2.45, 2.75) is 166 Å². The SMILES string of the molecule is CC(C)(C)OC(=O)N1CCC(N2C(=O)NC3CCCC[C@H]32)CC1.CC(C)(C)OC(=O)N1CCC(N[C@@H]2CCCCC2N)CC1. The van der Waals surface area contributed by atoms with E-state index in [9.17, 15) is 14.4 Å². The van der Waals surface area contributed by atoms with Gasteiger partial charge >= 0.3 is 18.2 Å². The van der Waals surface area contributed by atoms with Crippen LogP contribution in [-0.4, -0.2) is 107 Å². The first-order valence-electron chi connectivity index (χ1n) is 17.3. The van der Waals surface area contributed by atoms with Crippen LogP contribution in [0.3, 0.4) is 0 Å². The molecule has 5 rings (SSSR count). The van der Waals surface area contributed by atoms with Crippen molar-refractivity contribution in [2.24, 2.45) is 5.73 Å². The average Bonchev–Trinajstić information content (AvgIpc) is 3.29. The van der Waals surface area contributed by atoms with Crippen molar-refractivity contribution < 1.29 is 23.9 Å². The largest absolute Gasteiger partial charge is 0.444 e. The molecule has 0 radical (unpaired) electrons. The quantitative estimate of drug-likeness (QED) is 0.406. The number of rotatable bonds is 3. The number of piperidine rings is 2. The second-order valence-corrected chi connectivity index (χ2v) is 15.5. The van der Waals surface area contributed by atoms with Crippen LogP contribution in [0.25, 0.3) is 0 Å². The van der Waals surface area contributed by atoms with Gasteiger partial charge in [-0.25, -0.2) is 14.4 Å². The maximum Gasteiger partial charge on any atom is 0.410 e. The van der Waals surface area contributed by atoms with E-state index >= 15 is 0 Å². The number of carbonyl (C=O) groups is 3. The molecule has 5 fully saturated rings. The lowest BCUT2D eigenvalue weighted by molar-refractivity contribution is 0.0148. The molecule has 11 heteroatoms. The van der Waals surface area contributed by atoms with E-state index in [4.69, 9.17) is 15.2 Å². The van der Waals surface area contributed by atoms with Crippen LogP contribution in [0.2, 0.25) is 0 Å². The number of carbonyl (C=O) groups excluding carboxylic acids is 3. The monoisotopic (exact) mass is 620 g/mol. The summed E-state index contributed by atoms with van der Waals surface area (Å²) >= 11 is 0. The molecule has 252 valence electrons. The summed E-state index contributed by atoms with van der Waals surface area (Å²) in [5.41, 5.74) is 5.32. The molecule has 3 saturated heterocycles. The number of nitrogens with two attached hydrogens (primary N) is 1. The van der Waals surface area contributed by atoms with Gasteiger partial charge in [0.15, 0.2) is 0 Å². The normalized spacial score (nSPS) is 28.9. The van der Waals surface area contributed by atoms with Gasteiger partial charge in [0.25, 0.3) is 0 Å². The molecule has 2 saturated carbocycles. The second-order valence-electron chi connectivity index (χ2n) is 15.5. The van der Waals surface area contributed by atoms with Crippen LogP contribution in [0.4, 0.5) is 14.4 Å². The van der Waals surface area contributed by atoms with Crippen LogP contribution in [-0.2, 0) is 9.47 Å². The van der Waals surface area contributed by atoms with Crippen LogP contribution in [0.1, 0.15) is 119 Å². The highest BCUT2D eigenvalue weighted by Gasteiger charge is 2.44. The van der Waals surface area contributed by atoms with E-state index in [1.807, 2.05) is 46.4 Å². The molecular formula is C33H60N6O5. The summed E-state index contributed by atoms with van der Waals surface area (Å²) in [7, 11) is 0. The van der Waals surface area contributed by atoms with E-state index in [1.54, 1.807) is 4.90 Å². The number of urea groups is 1. The summed E-state index contributed by atoms with van der Waals surface area (Å²) in [5.74, 6) is 0. The lowest BCUT2D eigenvalue weighted by atomic mass is 9.89. The van der Waals surface area contributed by atoms with Gasteiger partial charge in [-0.2, -0.15) is 0 Å². The van der Waals surface area contributed by atoms with Gasteiger partial charge in [-0.1, -0.05) is 25.7 Å². The second kappa shape index (κ2) is 14.9. The summed E-state index contributed by atoms with van der Waals surface area (Å²) in [6.45, 7) is 14.3. The molecule has 0 spiro atoms. The highest BCUT2D eigenvalue weighted by molar-refractivity contribution is 5.78. The van der Waals surface area contributed by atoms with E-state index in [2.05, 4.69) is 15.5 Å². The minimum Gasteiger partial charge on any atom is -0.444 e. The Bertz CT molecular complexity index is 965. The van der Waals surface area contributed by atoms with Crippen molar-refractivity contribution >= 4 is 18.2 Å². The third-order valence-electron chi connectivity index (χ3n) is 9.56. The Morgan fingerprint density at radius 2 is 1.25 bits per heavy atom. The Hall–Kier alpha value is -2.27. The van der Waals surface area contributed by atoms with Crippen molar-refractivity contribution in [3.05, 3.63) is 0 Å². The van der Waals surface area contributed by atoms with Gasteiger partial charge in [-0.3, -0.25) is 0 Å². The standard InChI is InChI=1S/C17H29N3O3.C16H31N3O2/c1-17(2,3)23-16(22)19-10-8-12(9-11-19)20-14-7-5-4-6-13(14)18-15(20)21;1-16(2,3)21-15(20)19-10-8-12(9-11-19)18-14-7-5-4-6-13(14)17/h12-14H,4-11H2,1-3H3,(H,18,21);12-14,18H,4-11,17H2,1-3H3/t2*13?,14-/m11/s1. The van der Waals surface area contributed by atoms with Crippen LogP contribution in [0.15, 0.2) is 0 Å². The fourth-order valence-electron chi connectivity index (χ4n) is 7.31. The van der Waals surface area contributed by atoms with E-state index in [1.165, 1.54) is 32.1 Å². The molecule has 11 nitrogen and oxygen atoms in total. The number of amides is 4. The average molecular weight is 621 g/mol. The molecule has 2 aliphatic carbocycles. The molecule has 0 aromatic rings. The molecule has 0 aromatic carbocycles. The van der Waals surface area contributed by atoms with Crippen LogP contribution >= 0.6 is 0 Å². The van der Waals surface area contributed by atoms with Crippen molar-refractivity contribution in [2.75, 3.05) is 26.2 Å². The summed E-state index contributed by atoms with van der Waals surface area (Å²) in [6, 6.07) is 2.27. The fraction of sp³-hybridized carbons (Fsp3) is 0.909. The molecule has 44 heavy (non-hydrogen) atoms. The summed E-state index contributed by atoms with van der Waals surface area (Å²) < 4.78 is 10.9. The van der Waals surface area contributed by atoms with Crippen LogP contribution < -0.4 is 16.4 Å². The van der Waals surface area contributed by atoms with Gasteiger partial charge in [-0.05, 0) is 92.9 Å². The molecule has 4 N–H and O–H groups in total. The Morgan fingerprint density at radius 1 is 0.750 bits per heavy atom. The predicted octanol–water partition coefficient (Wildman–Crippen LogP) is 4.97. The van der Waals surface area contributed by atoms with Gasteiger partial charge in [0.05, 0.1) is 12.1 Å². The maximum atomic E-state index is 12.4. The third-order valence-corrected chi connectivity index (χ3v) is 9.56. The summed E-state index contributed by atoms with van der Waals surface area (Å²) in [5, 5.41) is 6.86. The van der Waals surface area contributed by atoms with Gasteiger partial charge < -0.3 is 40.5 Å². The number of nitrogens with one attached hydrogen (secondary N) is 2. The van der Waals surface area contributed by atoms with Crippen molar-refractivity contribution in [1.29, 1.82) is 0 Å². The Morgan fingerprint density at radius 3 is 1.80 bits per heavy atom. The van der Waals surface area contributed by atoms with Gasteiger partial charge in [0, 0.05) is 50.3 Å². The van der Waals surface area contributed by atoms with Crippen molar-refractivity contribution in [3.63, 3.8) is 0 Å². The number of nitrogens with zero attached hydrogens (tertiary/aromatic N) is 3. The first kappa shape index (κ1) is 34.6. The molecule has 3 aliphatic heterocycles. The molecule has 0 bridgehead atoms. The zero-order chi connectivity index (χ0) is 32.1. The number of fused-ring (bicyclic) bond motifs is 1. The molecule has 5 aliphatic rings. The summed E-state index contributed by atoms with van der Waals surface area (Å²) in [6.07, 6.45) is 12.7. The number of ether oxygens (including phenoxy) is 2. The van der Waals surface area contributed by atoms with Crippen LogP contribution in [0.5, 0.6) is 0 Å². The lowest BCUT2D eigenvalue weighted by Gasteiger charge is -2.40. The Balaban J connectivity index is 0.000000202. The maximum absolute atomic E-state index is 12.4. The molecule has 0 aromatic heterocycles. The van der Waals surface area contributed by atoms with Gasteiger partial charge in [0.1, 0.15) is 11.2 Å². The molecular weight excluding hydrogens is 560 g/mol. The molecule has 4 atom stereocenters. The third kappa shape index (κ3) is 9.86. The van der Waals surface area contributed by atoms with E-state index in [0.29, 0.717) is 43.3 Å². The predicted molar refractivity (Wildman–Crippen MR) is 171 cm³/mol. The Labute approximate surface area is 265 Å². The van der Waals surface area contributed by atoms with E-state index in [-0.39, 0.29) is 24.3 Å². The highest BCUT2D eigenvalue weighted by Crippen LogP contribution is 2.32. The van der Waals surface area contributed by atoms with Gasteiger partial charge in [0.2, 0.25) is 0 Å². The van der Waals surface area contributed by atoms with Gasteiger partial charge in [-0.15, -0.1) is 0 Å². The number of likely N-dealkylation sites (tertiary alicyclic amines) is 2. The van der Waals surface area contributed by atoms with Crippen LogP contribution in [0, 0.1) is 0 Å². The van der Waals surface area contributed by atoms with E-state index < -0.39 is 11.2 Å². The number of hydrogen-bond acceptors (Lipinski definition) is 7. The zero-order valence-electron chi connectivity index (χ0n) is 28.2. The fourth-order valence-corrected chi connectivity index (χ4v) is 7.31.